The fraction of sp³-hybridized carbons (Fsp3) is 0.640. The predicted molar refractivity (Wildman–Crippen MR) is 135 cm³/mol. The number of rotatable bonds is 13. The molecule has 0 saturated carbocycles. The lowest BCUT2D eigenvalue weighted by atomic mass is 9.91. The summed E-state index contributed by atoms with van der Waals surface area (Å²) in [5.41, 5.74) is 0. The predicted octanol–water partition coefficient (Wildman–Crippen LogP) is -0.883. The average molecular weight is 572 g/mol. The van der Waals surface area contributed by atoms with Crippen LogP contribution < -0.4 is 10.6 Å². The van der Waals surface area contributed by atoms with Crippen LogP contribution in [0.1, 0.15) is 48.0 Å². The zero-order chi connectivity index (χ0) is 30.6. The molecule has 1 rings (SSSR count). The highest BCUT2D eigenvalue weighted by Gasteiger charge is 2.48. The number of hydrogen-bond acceptors (Lipinski definition) is 12. The van der Waals surface area contributed by atoms with E-state index in [1.54, 1.807) is 0 Å². The number of nitrogens with zero attached hydrogens (tertiary/aromatic N) is 1. The molecule has 0 bridgehead atoms. The van der Waals surface area contributed by atoms with Gasteiger partial charge < -0.3 is 39.2 Å². The van der Waals surface area contributed by atoms with Crippen LogP contribution in [0.4, 0.5) is 0 Å². The molecule has 0 radical (unpaired) electrons. The van der Waals surface area contributed by atoms with Gasteiger partial charge in [-0.25, -0.2) is 4.79 Å². The van der Waals surface area contributed by atoms with Gasteiger partial charge in [0.15, 0.2) is 18.3 Å². The first-order chi connectivity index (χ1) is 18.7. The summed E-state index contributed by atoms with van der Waals surface area (Å²) < 4.78 is 26.2. The Hall–Kier alpha value is -4.17. The van der Waals surface area contributed by atoms with Gasteiger partial charge in [-0.3, -0.25) is 28.8 Å². The first-order valence-corrected chi connectivity index (χ1v) is 12.5. The van der Waals surface area contributed by atoms with Gasteiger partial charge in [-0.05, 0) is 12.5 Å². The molecule has 0 fully saturated rings. The van der Waals surface area contributed by atoms with Crippen molar-refractivity contribution in [1.82, 2.24) is 15.5 Å². The van der Waals surface area contributed by atoms with Crippen molar-refractivity contribution in [2.24, 2.45) is 0 Å². The monoisotopic (exact) mass is 571 g/mol. The molecule has 3 amide bonds. The molecule has 0 aliphatic carbocycles. The van der Waals surface area contributed by atoms with Gasteiger partial charge in [0, 0.05) is 41.2 Å². The number of esters is 4. The summed E-state index contributed by atoms with van der Waals surface area (Å²) in [6.07, 6.45) is -2.69. The molecule has 1 aliphatic rings. The molecular weight excluding hydrogens is 534 g/mol. The standard InChI is InChI=1S/C25H37N3O12/c1-8-9-28(14(3)30)11-21(34)27-18-10-19(25(35)36-7)40-24(22(18)26-13(2)29)23(39-17(6)33)20(38-16(5)32)12-37-15(4)31/h10,18,20,22-24H,8-9,11-12H2,1-7H3,(H,26,29)(H,27,34)/t18-,20+,22+,23+,24+/m0/s1. The van der Waals surface area contributed by atoms with E-state index in [1.807, 2.05) is 6.92 Å². The van der Waals surface area contributed by atoms with Crippen molar-refractivity contribution in [3.8, 4) is 0 Å². The second-order valence-electron chi connectivity index (χ2n) is 8.89. The number of carbonyl (C=O) groups excluding carboxylic acids is 7. The first-order valence-electron chi connectivity index (χ1n) is 12.5. The summed E-state index contributed by atoms with van der Waals surface area (Å²) >= 11 is 0. The van der Waals surface area contributed by atoms with Gasteiger partial charge in [0.05, 0.1) is 25.7 Å². The van der Waals surface area contributed by atoms with E-state index in [1.165, 1.54) is 24.8 Å². The molecule has 40 heavy (non-hydrogen) atoms. The third-order valence-electron chi connectivity index (χ3n) is 5.45. The summed E-state index contributed by atoms with van der Waals surface area (Å²) in [5.74, 6) is -5.35. The van der Waals surface area contributed by atoms with Crippen LogP contribution in [-0.4, -0.2) is 104 Å². The normalized spacial score (nSPS) is 19.4. The average Bonchev–Trinajstić information content (AvgIpc) is 2.84. The molecule has 1 heterocycles. The van der Waals surface area contributed by atoms with Crippen LogP contribution in [0.15, 0.2) is 11.8 Å². The van der Waals surface area contributed by atoms with Crippen LogP contribution in [0, 0.1) is 0 Å². The van der Waals surface area contributed by atoms with E-state index >= 15 is 0 Å². The maximum Gasteiger partial charge on any atom is 0.373 e. The number of nitrogens with one attached hydrogen (secondary N) is 2. The molecule has 5 atom stereocenters. The zero-order valence-corrected chi connectivity index (χ0v) is 23.6. The van der Waals surface area contributed by atoms with Gasteiger partial charge in [-0.1, -0.05) is 6.92 Å². The van der Waals surface area contributed by atoms with E-state index in [0.717, 1.165) is 27.9 Å². The van der Waals surface area contributed by atoms with Crippen LogP contribution >= 0.6 is 0 Å². The maximum atomic E-state index is 13.0. The number of methoxy groups -OCH3 is 1. The van der Waals surface area contributed by atoms with Gasteiger partial charge in [-0.2, -0.15) is 0 Å². The minimum atomic E-state index is -1.56. The molecule has 224 valence electrons. The second-order valence-corrected chi connectivity index (χ2v) is 8.89. The van der Waals surface area contributed by atoms with Gasteiger partial charge in [0.2, 0.25) is 23.5 Å². The highest BCUT2D eigenvalue weighted by atomic mass is 16.6. The molecule has 2 N–H and O–H groups in total. The molecule has 0 saturated heterocycles. The molecule has 1 aliphatic heterocycles. The van der Waals surface area contributed by atoms with Crippen LogP contribution in [-0.2, 0) is 57.2 Å². The largest absolute Gasteiger partial charge is 0.477 e. The Morgan fingerprint density at radius 1 is 0.950 bits per heavy atom. The molecular formula is C25H37N3O12. The van der Waals surface area contributed by atoms with Gasteiger partial charge >= 0.3 is 23.9 Å². The molecule has 0 unspecified atom stereocenters. The quantitative estimate of drug-likeness (QED) is 0.205. The van der Waals surface area contributed by atoms with Crippen molar-refractivity contribution in [2.45, 2.75) is 78.4 Å². The molecule has 0 aromatic carbocycles. The molecule has 0 spiro atoms. The topological polar surface area (TPSA) is 193 Å². The van der Waals surface area contributed by atoms with Gasteiger partial charge in [0.25, 0.3) is 0 Å². The van der Waals surface area contributed by atoms with E-state index in [0.29, 0.717) is 13.0 Å². The molecule has 15 nitrogen and oxygen atoms in total. The molecule has 15 heteroatoms. The maximum absolute atomic E-state index is 13.0. The summed E-state index contributed by atoms with van der Waals surface area (Å²) in [6.45, 7) is 6.97. The minimum Gasteiger partial charge on any atom is -0.477 e. The third-order valence-corrected chi connectivity index (χ3v) is 5.45. The molecule has 0 aromatic heterocycles. The van der Waals surface area contributed by atoms with E-state index in [9.17, 15) is 33.6 Å². The minimum absolute atomic E-state index is 0.312. The van der Waals surface area contributed by atoms with Crippen molar-refractivity contribution in [3.05, 3.63) is 11.8 Å². The van der Waals surface area contributed by atoms with E-state index < -0.39 is 78.5 Å². The van der Waals surface area contributed by atoms with E-state index in [2.05, 4.69) is 10.6 Å². The Labute approximate surface area is 231 Å². The van der Waals surface area contributed by atoms with Crippen LogP contribution in [0.25, 0.3) is 0 Å². The van der Waals surface area contributed by atoms with E-state index in [-0.39, 0.29) is 12.5 Å². The fourth-order valence-corrected chi connectivity index (χ4v) is 3.93. The van der Waals surface area contributed by atoms with Crippen molar-refractivity contribution in [3.63, 3.8) is 0 Å². The van der Waals surface area contributed by atoms with Crippen molar-refractivity contribution in [1.29, 1.82) is 0 Å². The van der Waals surface area contributed by atoms with Gasteiger partial charge in [-0.15, -0.1) is 0 Å². The Bertz CT molecular complexity index is 1010. The lowest BCUT2D eigenvalue weighted by molar-refractivity contribution is -0.188. The van der Waals surface area contributed by atoms with Crippen LogP contribution in [0.2, 0.25) is 0 Å². The van der Waals surface area contributed by atoms with Crippen LogP contribution in [0.5, 0.6) is 0 Å². The highest BCUT2D eigenvalue weighted by molar-refractivity contribution is 5.88. The Morgan fingerprint density at radius 2 is 1.57 bits per heavy atom. The SMILES string of the molecule is CCCN(CC(=O)N[C@H]1C=C(C(=O)OC)O[C@@H]([C@H](OC(C)=O)[C@@H](COC(C)=O)OC(C)=O)[C@@H]1NC(C)=O)C(C)=O. The van der Waals surface area contributed by atoms with Crippen molar-refractivity contribution >= 4 is 41.6 Å². The van der Waals surface area contributed by atoms with Crippen molar-refractivity contribution in [2.75, 3.05) is 26.8 Å². The Morgan fingerprint density at radius 3 is 2.05 bits per heavy atom. The number of hydrogen-bond donors (Lipinski definition) is 2. The Kier molecular flexibility index (Phi) is 13.6. The lowest BCUT2D eigenvalue weighted by Gasteiger charge is -2.42. The van der Waals surface area contributed by atoms with Gasteiger partial charge in [0.1, 0.15) is 6.61 Å². The van der Waals surface area contributed by atoms with Crippen molar-refractivity contribution < 1.29 is 57.2 Å². The lowest BCUT2D eigenvalue weighted by Crippen LogP contribution is -2.65. The smallest absolute Gasteiger partial charge is 0.373 e. The molecule has 0 aromatic rings. The summed E-state index contributed by atoms with van der Waals surface area (Å²) in [5, 5.41) is 5.25. The number of amides is 3. The highest BCUT2D eigenvalue weighted by Crippen LogP contribution is 2.27. The number of carbonyl (C=O) groups is 7. The number of ether oxygens (including phenoxy) is 5. The zero-order valence-electron chi connectivity index (χ0n) is 23.6. The van der Waals surface area contributed by atoms with E-state index in [4.69, 9.17) is 23.7 Å². The summed E-state index contributed by atoms with van der Waals surface area (Å²) in [7, 11) is 1.08. The first kappa shape index (κ1) is 33.9. The summed E-state index contributed by atoms with van der Waals surface area (Å²) in [6, 6.07) is -2.38. The third kappa shape index (κ3) is 10.9. The summed E-state index contributed by atoms with van der Waals surface area (Å²) in [4.78, 5) is 86.4. The fourth-order valence-electron chi connectivity index (χ4n) is 3.93. The van der Waals surface area contributed by atoms with Crippen LogP contribution in [0.3, 0.4) is 0 Å². The second kappa shape index (κ2) is 16.1. The Balaban J connectivity index is 3.61.